The minimum Gasteiger partial charge on any atom is -0.385 e. The average molecular weight is 166 g/mol. The minimum absolute atomic E-state index is 0. The molecule has 0 saturated carbocycles. The first-order valence-electron chi connectivity index (χ1n) is 3.19. The Morgan fingerprint density at radius 2 is 1.91 bits per heavy atom. The molecule has 1 heterocycles. The SMILES string of the molecule is Nc1cc2ccccc2[nH]1.S. The summed E-state index contributed by atoms with van der Waals surface area (Å²) in [6.45, 7) is 0. The number of hydrogen-bond donors (Lipinski definition) is 2. The first-order chi connectivity index (χ1) is 4.86. The maximum atomic E-state index is 5.54. The van der Waals surface area contributed by atoms with Crippen molar-refractivity contribution in [2.24, 2.45) is 0 Å². The third kappa shape index (κ3) is 1.33. The van der Waals surface area contributed by atoms with Crippen LogP contribution in [0.25, 0.3) is 10.9 Å². The van der Waals surface area contributed by atoms with E-state index >= 15 is 0 Å². The summed E-state index contributed by atoms with van der Waals surface area (Å²) in [5.41, 5.74) is 6.63. The highest BCUT2D eigenvalue weighted by molar-refractivity contribution is 7.59. The molecule has 0 fully saturated rings. The number of para-hydroxylation sites is 1. The van der Waals surface area contributed by atoms with Crippen LogP contribution >= 0.6 is 13.5 Å². The molecule has 0 unspecified atom stereocenters. The number of nitrogens with two attached hydrogens (primary N) is 1. The summed E-state index contributed by atoms with van der Waals surface area (Å²) in [4.78, 5) is 3.04. The van der Waals surface area contributed by atoms with Gasteiger partial charge in [0.25, 0.3) is 0 Å². The smallest absolute Gasteiger partial charge is 0.101 e. The van der Waals surface area contributed by atoms with Crippen LogP contribution in [0.15, 0.2) is 30.3 Å². The second kappa shape index (κ2) is 2.88. The van der Waals surface area contributed by atoms with Crippen molar-refractivity contribution in [3.05, 3.63) is 30.3 Å². The average Bonchev–Trinajstić information content (AvgIpc) is 2.27. The minimum atomic E-state index is 0. The van der Waals surface area contributed by atoms with Gasteiger partial charge in [0.05, 0.1) is 0 Å². The number of fused-ring (bicyclic) bond motifs is 1. The van der Waals surface area contributed by atoms with Gasteiger partial charge in [-0.15, -0.1) is 0 Å². The molecule has 3 heteroatoms. The molecule has 2 nitrogen and oxygen atoms in total. The van der Waals surface area contributed by atoms with Crippen LogP contribution in [-0.4, -0.2) is 4.98 Å². The standard InChI is InChI=1S/C8H8N2.H2S/c9-8-5-6-3-1-2-4-7(6)10-8;/h1-5,10H,9H2;1H2. The lowest BCUT2D eigenvalue weighted by Crippen LogP contribution is -1.80. The summed E-state index contributed by atoms with van der Waals surface area (Å²) in [5.74, 6) is 0.723. The Balaban J connectivity index is 0.000000605. The van der Waals surface area contributed by atoms with Gasteiger partial charge in [-0.2, -0.15) is 13.5 Å². The molecule has 0 radical (unpaired) electrons. The largest absolute Gasteiger partial charge is 0.385 e. The fourth-order valence-electron chi connectivity index (χ4n) is 1.10. The zero-order chi connectivity index (χ0) is 6.97. The molecule has 58 valence electrons. The summed E-state index contributed by atoms with van der Waals surface area (Å²) >= 11 is 0. The molecule has 11 heavy (non-hydrogen) atoms. The van der Waals surface area contributed by atoms with E-state index in [0.717, 1.165) is 11.3 Å². The predicted molar refractivity (Wildman–Crippen MR) is 53.1 cm³/mol. The van der Waals surface area contributed by atoms with E-state index in [1.807, 2.05) is 30.3 Å². The number of aromatic nitrogens is 1. The van der Waals surface area contributed by atoms with E-state index in [9.17, 15) is 0 Å². The van der Waals surface area contributed by atoms with Crippen LogP contribution in [0.5, 0.6) is 0 Å². The van der Waals surface area contributed by atoms with Gasteiger partial charge in [0.2, 0.25) is 0 Å². The van der Waals surface area contributed by atoms with Gasteiger partial charge in [-0.05, 0) is 12.1 Å². The molecule has 2 rings (SSSR count). The number of rotatable bonds is 0. The Bertz CT molecular complexity index is 321. The monoisotopic (exact) mass is 166 g/mol. The van der Waals surface area contributed by atoms with Gasteiger partial charge in [-0.25, -0.2) is 0 Å². The van der Waals surface area contributed by atoms with Crippen LogP contribution in [-0.2, 0) is 0 Å². The molecule has 0 bridgehead atoms. The number of aromatic amines is 1. The van der Waals surface area contributed by atoms with E-state index in [1.54, 1.807) is 0 Å². The second-order valence-electron chi connectivity index (χ2n) is 2.31. The zero-order valence-corrected chi connectivity index (χ0v) is 6.96. The van der Waals surface area contributed by atoms with Crippen molar-refractivity contribution in [3.63, 3.8) is 0 Å². The molecule has 0 aliphatic carbocycles. The van der Waals surface area contributed by atoms with Gasteiger partial charge in [0, 0.05) is 10.9 Å². The molecule has 1 aromatic heterocycles. The van der Waals surface area contributed by atoms with E-state index in [4.69, 9.17) is 5.73 Å². The molecule has 0 aliphatic rings. The Labute approximate surface area is 71.9 Å². The lowest BCUT2D eigenvalue weighted by atomic mass is 10.3. The van der Waals surface area contributed by atoms with Crippen LogP contribution < -0.4 is 5.73 Å². The van der Waals surface area contributed by atoms with Crippen molar-refractivity contribution in [2.75, 3.05) is 5.73 Å². The quantitative estimate of drug-likeness (QED) is 0.616. The Morgan fingerprint density at radius 1 is 1.18 bits per heavy atom. The highest BCUT2D eigenvalue weighted by Gasteiger charge is 1.92. The number of nitrogens with one attached hydrogen (secondary N) is 1. The molecule has 1 aromatic carbocycles. The number of nitrogen functional groups attached to an aromatic ring is 1. The van der Waals surface area contributed by atoms with Gasteiger partial charge in [0.1, 0.15) is 5.82 Å². The summed E-state index contributed by atoms with van der Waals surface area (Å²) in [6.07, 6.45) is 0. The number of hydrogen-bond acceptors (Lipinski definition) is 1. The third-order valence-corrected chi connectivity index (χ3v) is 1.55. The van der Waals surface area contributed by atoms with E-state index in [-0.39, 0.29) is 13.5 Å². The van der Waals surface area contributed by atoms with Gasteiger partial charge in [-0.1, -0.05) is 18.2 Å². The topological polar surface area (TPSA) is 41.8 Å². The summed E-state index contributed by atoms with van der Waals surface area (Å²) < 4.78 is 0. The number of H-pyrrole nitrogens is 1. The van der Waals surface area contributed by atoms with Crippen molar-refractivity contribution in [1.82, 2.24) is 4.98 Å². The lowest BCUT2D eigenvalue weighted by molar-refractivity contribution is 1.47. The van der Waals surface area contributed by atoms with E-state index in [2.05, 4.69) is 4.98 Å². The van der Waals surface area contributed by atoms with Crippen LogP contribution in [0.3, 0.4) is 0 Å². The van der Waals surface area contributed by atoms with E-state index in [0.29, 0.717) is 0 Å². The number of anilines is 1. The van der Waals surface area contributed by atoms with Crippen molar-refractivity contribution >= 4 is 30.2 Å². The van der Waals surface area contributed by atoms with Crippen molar-refractivity contribution in [3.8, 4) is 0 Å². The van der Waals surface area contributed by atoms with Crippen molar-refractivity contribution < 1.29 is 0 Å². The summed E-state index contributed by atoms with van der Waals surface area (Å²) in [6, 6.07) is 9.94. The molecule has 0 atom stereocenters. The van der Waals surface area contributed by atoms with Crippen LogP contribution in [0.2, 0.25) is 0 Å². The first kappa shape index (κ1) is 8.01. The van der Waals surface area contributed by atoms with Gasteiger partial charge in [-0.3, -0.25) is 0 Å². The molecule has 0 spiro atoms. The van der Waals surface area contributed by atoms with Crippen LogP contribution in [0, 0.1) is 0 Å². The predicted octanol–water partition coefficient (Wildman–Crippen LogP) is 1.86. The molecule has 3 N–H and O–H groups in total. The maximum Gasteiger partial charge on any atom is 0.101 e. The third-order valence-electron chi connectivity index (χ3n) is 1.55. The molecule has 0 aliphatic heterocycles. The molecular formula is C8H10N2S. The van der Waals surface area contributed by atoms with Crippen molar-refractivity contribution in [1.29, 1.82) is 0 Å². The maximum absolute atomic E-state index is 5.54. The summed E-state index contributed by atoms with van der Waals surface area (Å²) in [7, 11) is 0. The van der Waals surface area contributed by atoms with Crippen LogP contribution in [0.4, 0.5) is 5.82 Å². The second-order valence-corrected chi connectivity index (χ2v) is 2.31. The highest BCUT2D eigenvalue weighted by atomic mass is 32.1. The van der Waals surface area contributed by atoms with Crippen molar-refractivity contribution in [2.45, 2.75) is 0 Å². The Morgan fingerprint density at radius 3 is 2.64 bits per heavy atom. The molecule has 0 amide bonds. The fraction of sp³-hybridized carbons (Fsp3) is 0. The van der Waals surface area contributed by atoms with Crippen LogP contribution in [0.1, 0.15) is 0 Å². The Hall–Kier alpha value is -1.09. The van der Waals surface area contributed by atoms with Gasteiger partial charge in [0.15, 0.2) is 0 Å². The highest BCUT2D eigenvalue weighted by Crippen LogP contribution is 2.14. The fourth-order valence-corrected chi connectivity index (χ4v) is 1.10. The molecule has 0 saturated heterocycles. The zero-order valence-electron chi connectivity index (χ0n) is 5.96. The number of benzene rings is 1. The first-order valence-corrected chi connectivity index (χ1v) is 3.19. The molecular weight excluding hydrogens is 156 g/mol. The summed E-state index contributed by atoms with van der Waals surface area (Å²) in [5, 5.41) is 1.17. The van der Waals surface area contributed by atoms with Gasteiger partial charge < -0.3 is 10.7 Å². The Kier molecular flexibility index (Phi) is 2.10. The normalized spacial score (nSPS) is 9.45. The van der Waals surface area contributed by atoms with E-state index in [1.165, 1.54) is 5.39 Å². The lowest BCUT2D eigenvalue weighted by Gasteiger charge is -1.83. The van der Waals surface area contributed by atoms with E-state index < -0.39 is 0 Å². The molecule has 2 aromatic rings. The van der Waals surface area contributed by atoms with Gasteiger partial charge >= 0.3 is 0 Å².